The van der Waals surface area contributed by atoms with Crippen LogP contribution < -0.4 is 9.64 Å². The molecule has 0 atom stereocenters. The van der Waals surface area contributed by atoms with Gasteiger partial charge in [0.25, 0.3) is 0 Å². The molecule has 1 aliphatic rings. The minimum Gasteiger partial charge on any atom is -0.456 e. The first-order chi connectivity index (χ1) is 10.4. The van der Waals surface area contributed by atoms with Gasteiger partial charge in [0.05, 0.1) is 18.8 Å². The zero-order valence-electron chi connectivity index (χ0n) is 11.8. The van der Waals surface area contributed by atoms with Gasteiger partial charge in [0.15, 0.2) is 0 Å². The van der Waals surface area contributed by atoms with Crippen molar-refractivity contribution in [3.8, 4) is 5.75 Å². The average molecular weight is 320 g/mol. The fourth-order valence-corrected chi connectivity index (χ4v) is 2.07. The van der Waals surface area contributed by atoms with E-state index in [0.717, 1.165) is 25.2 Å². The van der Waals surface area contributed by atoms with Crippen molar-refractivity contribution >= 4 is 5.97 Å². The number of halogens is 3. The Kier molecular flexibility index (Phi) is 5.62. The molecule has 0 spiro atoms. The van der Waals surface area contributed by atoms with Crippen LogP contribution in [0.4, 0.5) is 13.2 Å². The minimum atomic E-state index is -4.75. The lowest BCUT2D eigenvalue weighted by Gasteiger charge is -2.23. The van der Waals surface area contributed by atoms with Gasteiger partial charge in [-0.2, -0.15) is 0 Å². The van der Waals surface area contributed by atoms with E-state index >= 15 is 0 Å². The highest BCUT2D eigenvalue weighted by molar-refractivity contribution is 5.89. The molecular formula is C14H17F3NO4+. The molecule has 1 aliphatic heterocycles. The zero-order valence-corrected chi connectivity index (χ0v) is 11.8. The van der Waals surface area contributed by atoms with Crippen molar-refractivity contribution in [2.24, 2.45) is 0 Å². The van der Waals surface area contributed by atoms with Gasteiger partial charge in [-0.3, -0.25) is 0 Å². The molecule has 1 aromatic carbocycles. The third-order valence-corrected chi connectivity index (χ3v) is 3.21. The van der Waals surface area contributed by atoms with Crippen LogP contribution in [0.2, 0.25) is 0 Å². The smallest absolute Gasteiger partial charge is 0.456 e. The molecule has 22 heavy (non-hydrogen) atoms. The topological polar surface area (TPSA) is 49.2 Å². The summed E-state index contributed by atoms with van der Waals surface area (Å²) >= 11 is 0. The van der Waals surface area contributed by atoms with Crippen molar-refractivity contribution in [1.82, 2.24) is 0 Å². The first-order valence-corrected chi connectivity index (χ1v) is 6.88. The number of benzene rings is 1. The van der Waals surface area contributed by atoms with Crippen molar-refractivity contribution in [1.29, 1.82) is 0 Å². The Morgan fingerprint density at radius 2 is 1.82 bits per heavy atom. The van der Waals surface area contributed by atoms with Gasteiger partial charge in [0.1, 0.15) is 32.0 Å². The fourth-order valence-electron chi connectivity index (χ4n) is 2.07. The van der Waals surface area contributed by atoms with Crippen LogP contribution in [-0.2, 0) is 9.47 Å². The fraction of sp³-hybridized carbons (Fsp3) is 0.500. The number of morpholine rings is 1. The van der Waals surface area contributed by atoms with E-state index in [0.29, 0.717) is 19.8 Å². The van der Waals surface area contributed by atoms with Crippen LogP contribution in [0.15, 0.2) is 24.3 Å². The van der Waals surface area contributed by atoms with Gasteiger partial charge >= 0.3 is 12.3 Å². The van der Waals surface area contributed by atoms with E-state index in [1.807, 2.05) is 0 Å². The second-order valence-corrected chi connectivity index (χ2v) is 4.82. The summed E-state index contributed by atoms with van der Waals surface area (Å²) in [5.74, 6) is -0.937. The van der Waals surface area contributed by atoms with Gasteiger partial charge in [0, 0.05) is 0 Å². The Hall–Kier alpha value is -1.80. The molecule has 2 rings (SSSR count). The molecular weight excluding hydrogens is 303 g/mol. The van der Waals surface area contributed by atoms with E-state index in [-0.39, 0.29) is 17.9 Å². The van der Waals surface area contributed by atoms with E-state index in [9.17, 15) is 18.0 Å². The number of nitrogens with one attached hydrogen (secondary N) is 1. The number of hydrogen-bond donors (Lipinski definition) is 1. The normalized spacial score (nSPS) is 16.3. The molecule has 0 saturated carbocycles. The van der Waals surface area contributed by atoms with Crippen molar-refractivity contribution in [2.75, 3.05) is 39.5 Å². The van der Waals surface area contributed by atoms with E-state index in [4.69, 9.17) is 9.47 Å². The highest BCUT2D eigenvalue weighted by Gasteiger charge is 2.31. The van der Waals surface area contributed by atoms with E-state index in [1.165, 1.54) is 17.0 Å². The number of quaternary nitrogens is 1. The number of carbonyl (C=O) groups is 1. The Morgan fingerprint density at radius 1 is 1.18 bits per heavy atom. The molecule has 0 aromatic heterocycles. The molecule has 1 N–H and O–H groups in total. The van der Waals surface area contributed by atoms with Crippen LogP contribution in [0.25, 0.3) is 0 Å². The summed E-state index contributed by atoms with van der Waals surface area (Å²) in [6, 6.07) is 4.64. The second kappa shape index (κ2) is 7.46. The largest absolute Gasteiger partial charge is 0.573 e. The lowest BCUT2D eigenvalue weighted by atomic mass is 10.2. The first-order valence-electron chi connectivity index (χ1n) is 6.88. The summed E-state index contributed by atoms with van der Waals surface area (Å²) in [6.45, 7) is 4.09. The number of rotatable bonds is 5. The van der Waals surface area contributed by atoms with Crippen LogP contribution in [0.5, 0.6) is 5.75 Å². The molecule has 1 saturated heterocycles. The summed E-state index contributed by atoms with van der Waals surface area (Å²) < 4.78 is 50.1. The van der Waals surface area contributed by atoms with Crippen LogP contribution in [0.1, 0.15) is 10.4 Å². The maximum absolute atomic E-state index is 12.0. The first kappa shape index (κ1) is 16.6. The average Bonchev–Trinajstić information content (AvgIpc) is 2.47. The lowest BCUT2D eigenvalue weighted by molar-refractivity contribution is -0.908. The predicted octanol–water partition coefficient (Wildman–Crippen LogP) is 0.657. The third kappa shape index (κ3) is 5.53. The monoisotopic (exact) mass is 320 g/mol. The molecule has 5 nitrogen and oxygen atoms in total. The Bertz CT molecular complexity index is 484. The molecule has 0 radical (unpaired) electrons. The van der Waals surface area contributed by atoms with Crippen LogP contribution in [0, 0.1) is 0 Å². The summed E-state index contributed by atoms with van der Waals surface area (Å²) in [4.78, 5) is 13.1. The molecule has 8 heteroatoms. The van der Waals surface area contributed by atoms with E-state index in [2.05, 4.69) is 4.74 Å². The summed E-state index contributed by atoms with van der Waals surface area (Å²) in [6.07, 6.45) is -4.75. The minimum absolute atomic E-state index is 0.187. The van der Waals surface area contributed by atoms with Gasteiger partial charge < -0.3 is 19.1 Å². The molecule has 0 unspecified atom stereocenters. The number of hydrogen-bond acceptors (Lipinski definition) is 4. The number of carbonyl (C=O) groups excluding carboxylic acids is 1. The predicted molar refractivity (Wildman–Crippen MR) is 69.8 cm³/mol. The standard InChI is InChI=1S/C14H16F3NO4/c15-14(16,17)22-12-3-1-11(2-4-12)13(19)21-10-7-18-5-8-20-9-6-18/h1-4H,5-10H2/p+1. The highest BCUT2D eigenvalue weighted by Crippen LogP contribution is 2.22. The van der Waals surface area contributed by atoms with Crippen LogP contribution in [0.3, 0.4) is 0 Å². The number of alkyl halides is 3. The van der Waals surface area contributed by atoms with Gasteiger partial charge in [-0.25, -0.2) is 4.79 Å². The van der Waals surface area contributed by atoms with Gasteiger partial charge in [-0.15, -0.1) is 13.2 Å². The van der Waals surface area contributed by atoms with Crippen LogP contribution >= 0.6 is 0 Å². The second-order valence-electron chi connectivity index (χ2n) is 4.82. The molecule has 1 aromatic rings. The Morgan fingerprint density at radius 3 is 2.41 bits per heavy atom. The molecule has 1 fully saturated rings. The van der Waals surface area contributed by atoms with Crippen LogP contribution in [-0.4, -0.2) is 51.8 Å². The Labute approximate surface area is 125 Å². The molecule has 122 valence electrons. The molecule has 0 bridgehead atoms. The zero-order chi connectivity index (χ0) is 16.0. The summed E-state index contributed by atoms with van der Waals surface area (Å²) in [5.41, 5.74) is 0.187. The lowest BCUT2D eigenvalue weighted by Crippen LogP contribution is -3.14. The molecule has 0 amide bonds. The highest BCUT2D eigenvalue weighted by atomic mass is 19.4. The van der Waals surface area contributed by atoms with Gasteiger partial charge in [0.2, 0.25) is 0 Å². The summed E-state index contributed by atoms with van der Waals surface area (Å²) in [7, 11) is 0. The summed E-state index contributed by atoms with van der Waals surface area (Å²) in [5, 5.41) is 0. The van der Waals surface area contributed by atoms with Crippen molar-refractivity contribution in [3.05, 3.63) is 29.8 Å². The van der Waals surface area contributed by atoms with Crippen molar-refractivity contribution in [3.63, 3.8) is 0 Å². The molecule has 1 heterocycles. The number of esters is 1. The van der Waals surface area contributed by atoms with Gasteiger partial charge in [-0.05, 0) is 24.3 Å². The van der Waals surface area contributed by atoms with E-state index in [1.54, 1.807) is 0 Å². The number of ether oxygens (including phenoxy) is 3. The maximum atomic E-state index is 12.0. The van der Waals surface area contributed by atoms with Gasteiger partial charge in [-0.1, -0.05) is 0 Å². The third-order valence-electron chi connectivity index (χ3n) is 3.21. The van der Waals surface area contributed by atoms with E-state index < -0.39 is 12.3 Å². The quantitative estimate of drug-likeness (QED) is 0.810. The SMILES string of the molecule is O=C(OCC[NH+]1CCOCC1)c1ccc(OC(F)(F)F)cc1. The van der Waals surface area contributed by atoms with Crippen molar-refractivity contribution in [2.45, 2.75) is 6.36 Å². The maximum Gasteiger partial charge on any atom is 0.573 e. The molecule has 0 aliphatic carbocycles. The van der Waals surface area contributed by atoms with Crippen molar-refractivity contribution < 1.29 is 37.1 Å². The Balaban J connectivity index is 1.77.